The van der Waals surface area contributed by atoms with Crippen molar-refractivity contribution in [3.8, 4) is 0 Å². The van der Waals surface area contributed by atoms with Crippen LogP contribution in [0.3, 0.4) is 0 Å². The van der Waals surface area contributed by atoms with Crippen LogP contribution in [0.2, 0.25) is 0 Å². The molecule has 21 heavy (non-hydrogen) atoms. The third-order valence-electron chi connectivity index (χ3n) is 2.70. The number of nitrogens with one attached hydrogen (secondary N) is 1. The van der Waals surface area contributed by atoms with Crippen LogP contribution in [-0.4, -0.2) is 34.6 Å². The number of benzene rings is 1. The van der Waals surface area contributed by atoms with E-state index in [2.05, 4.69) is 21.2 Å². The van der Waals surface area contributed by atoms with Crippen molar-refractivity contribution in [3.63, 3.8) is 0 Å². The Morgan fingerprint density at radius 2 is 1.95 bits per heavy atom. The quantitative estimate of drug-likeness (QED) is 0.786. The third kappa shape index (κ3) is 4.96. The normalized spacial score (nSPS) is 10.6. The van der Waals surface area contributed by atoms with Crippen molar-refractivity contribution in [1.29, 1.82) is 0 Å². The molecule has 8 heteroatoms. The Balaban J connectivity index is 2.86. The van der Waals surface area contributed by atoms with E-state index >= 15 is 0 Å². The van der Waals surface area contributed by atoms with Gasteiger partial charge in [0, 0.05) is 18.7 Å². The van der Waals surface area contributed by atoms with Gasteiger partial charge in [-0.1, -0.05) is 0 Å². The van der Waals surface area contributed by atoms with Gasteiger partial charge in [0.2, 0.25) is 0 Å². The van der Waals surface area contributed by atoms with Gasteiger partial charge in [-0.05, 0) is 35.8 Å². The van der Waals surface area contributed by atoms with E-state index in [9.17, 15) is 18.4 Å². The Labute approximate surface area is 129 Å². The zero-order valence-corrected chi connectivity index (χ0v) is 13.1. The van der Waals surface area contributed by atoms with Crippen LogP contribution in [0.15, 0.2) is 16.6 Å². The van der Waals surface area contributed by atoms with E-state index in [-0.39, 0.29) is 29.2 Å². The molecule has 0 aromatic heterocycles. The highest BCUT2D eigenvalue weighted by atomic mass is 79.9. The van der Waals surface area contributed by atoms with Gasteiger partial charge in [0.05, 0.1) is 16.6 Å². The molecule has 0 aliphatic heterocycles. The molecule has 1 aromatic carbocycles. The van der Waals surface area contributed by atoms with Gasteiger partial charge in [-0.2, -0.15) is 0 Å². The minimum atomic E-state index is -1.05. The molecule has 2 amide bonds. The fourth-order valence-electron chi connectivity index (χ4n) is 1.62. The van der Waals surface area contributed by atoms with Gasteiger partial charge in [-0.3, -0.25) is 4.79 Å². The van der Waals surface area contributed by atoms with Gasteiger partial charge in [0.15, 0.2) is 0 Å². The van der Waals surface area contributed by atoms with Crippen LogP contribution in [0.4, 0.5) is 19.3 Å². The van der Waals surface area contributed by atoms with Crippen molar-refractivity contribution in [2.45, 2.75) is 26.3 Å². The van der Waals surface area contributed by atoms with Crippen molar-refractivity contribution in [3.05, 3.63) is 28.2 Å². The summed E-state index contributed by atoms with van der Waals surface area (Å²) in [6, 6.07) is 0.786. The van der Waals surface area contributed by atoms with Crippen LogP contribution < -0.4 is 5.32 Å². The average Bonchev–Trinajstić information content (AvgIpc) is 2.35. The molecule has 5 nitrogen and oxygen atoms in total. The highest BCUT2D eigenvalue weighted by Crippen LogP contribution is 2.23. The Bertz CT molecular complexity index is 552. The summed E-state index contributed by atoms with van der Waals surface area (Å²) in [5, 5.41) is 10.9. The van der Waals surface area contributed by atoms with E-state index in [0.717, 1.165) is 12.1 Å². The van der Waals surface area contributed by atoms with E-state index in [1.807, 2.05) is 0 Å². The lowest BCUT2D eigenvalue weighted by atomic mass is 10.2. The summed E-state index contributed by atoms with van der Waals surface area (Å²) < 4.78 is 27.0. The standard InChI is InChI=1S/C13H15BrF2N2O3/c1-7(2)18(4-3-12(19)20)13(21)17-11-6-9(15)8(14)5-10(11)16/h5-7H,3-4H2,1-2H3,(H,17,21)(H,19,20). The minimum absolute atomic E-state index is 0.0283. The molecule has 0 saturated heterocycles. The minimum Gasteiger partial charge on any atom is -0.481 e. The predicted octanol–water partition coefficient (Wildman–Crippen LogP) is 3.44. The van der Waals surface area contributed by atoms with Crippen LogP contribution in [0.5, 0.6) is 0 Å². The molecule has 2 N–H and O–H groups in total. The van der Waals surface area contributed by atoms with Gasteiger partial charge >= 0.3 is 12.0 Å². The second kappa shape index (κ2) is 7.35. The summed E-state index contributed by atoms with van der Waals surface area (Å²) in [7, 11) is 0. The Morgan fingerprint density at radius 3 is 2.48 bits per heavy atom. The number of hydrogen-bond donors (Lipinski definition) is 2. The lowest BCUT2D eigenvalue weighted by Gasteiger charge is -2.26. The summed E-state index contributed by atoms with van der Waals surface area (Å²) in [4.78, 5) is 23.8. The van der Waals surface area contributed by atoms with Crippen molar-refractivity contribution < 1.29 is 23.5 Å². The number of amides is 2. The van der Waals surface area contributed by atoms with Gasteiger partial charge in [-0.15, -0.1) is 0 Å². The summed E-state index contributed by atoms with van der Waals surface area (Å²) >= 11 is 2.84. The van der Waals surface area contributed by atoms with E-state index in [0.29, 0.717) is 0 Å². The summed E-state index contributed by atoms with van der Waals surface area (Å²) in [5.74, 6) is -2.55. The predicted molar refractivity (Wildman–Crippen MR) is 77.2 cm³/mol. The lowest BCUT2D eigenvalue weighted by molar-refractivity contribution is -0.137. The lowest BCUT2D eigenvalue weighted by Crippen LogP contribution is -2.41. The third-order valence-corrected chi connectivity index (χ3v) is 3.31. The molecule has 0 aliphatic rings. The maximum absolute atomic E-state index is 13.6. The van der Waals surface area contributed by atoms with Crippen LogP contribution in [0.25, 0.3) is 0 Å². The molecule has 1 aromatic rings. The molecule has 0 fully saturated rings. The SMILES string of the molecule is CC(C)N(CCC(=O)O)C(=O)Nc1cc(F)c(Br)cc1F. The van der Waals surface area contributed by atoms with Crippen LogP contribution in [-0.2, 0) is 4.79 Å². The number of carbonyl (C=O) groups excluding carboxylic acids is 1. The first kappa shape index (κ1) is 17.4. The number of carboxylic acid groups (broad SMARTS) is 1. The van der Waals surface area contributed by atoms with Crippen molar-refractivity contribution in [1.82, 2.24) is 4.90 Å². The van der Waals surface area contributed by atoms with Gasteiger partial charge in [-0.25, -0.2) is 13.6 Å². The van der Waals surface area contributed by atoms with Crippen LogP contribution >= 0.6 is 15.9 Å². The second-order valence-corrected chi connectivity index (χ2v) is 5.46. The Kier molecular flexibility index (Phi) is 6.07. The van der Waals surface area contributed by atoms with Crippen molar-refractivity contribution in [2.24, 2.45) is 0 Å². The van der Waals surface area contributed by atoms with Crippen molar-refractivity contribution in [2.75, 3.05) is 11.9 Å². The largest absolute Gasteiger partial charge is 0.481 e. The summed E-state index contributed by atoms with van der Waals surface area (Å²) in [5.41, 5.74) is -0.304. The highest BCUT2D eigenvalue weighted by Gasteiger charge is 2.20. The molecule has 0 heterocycles. The average molecular weight is 365 g/mol. The van der Waals surface area contributed by atoms with E-state index in [4.69, 9.17) is 5.11 Å². The molecule has 1 rings (SSSR count). The van der Waals surface area contributed by atoms with Crippen LogP contribution in [0, 0.1) is 11.6 Å². The number of nitrogens with zero attached hydrogens (tertiary/aromatic N) is 1. The zero-order chi connectivity index (χ0) is 16.2. The van der Waals surface area contributed by atoms with Crippen LogP contribution in [0.1, 0.15) is 20.3 Å². The highest BCUT2D eigenvalue weighted by molar-refractivity contribution is 9.10. The second-order valence-electron chi connectivity index (χ2n) is 4.61. The number of halogens is 3. The van der Waals surface area contributed by atoms with Gasteiger partial charge in [0.1, 0.15) is 11.6 Å². The maximum atomic E-state index is 13.6. The van der Waals surface area contributed by atoms with E-state index < -0.39 is 23.6 Å². The topological polar surface area (TPSA) is 69.6 Å². The number of urea groups is 1. The summed E-state index contributed by atoms with van der Waals surface area (Å²) in [6.45, 7) is 3.36. The molecule has 0 saturated carbocycles. The van der Waals surface area contributed by atoms with Crippen molar-refractivity contribution >= 4 is 33.6 Å². The number of rotatable bonds is 5. The van der Waals surface area contributed by atoms with E-state index in [1.54, 1.807) is 13.8 Å². The smallest absolute Gasteiger partial charge is 0.322 e. The maximum Gasteiger partial charge on any atom is 0.322 e. The Morgan fingerprint density at radius 1 is 1.33 bits per heavy atom. The molecule has 0 aliphatic carbocycles. The Hall–Kier alpha value is -1.70. The first-order chi connectivity index (χ1) is 9.72. The zero-order valence-electron chi connectivity index (χ0n) is 11.5. The number of carbonyl (C=O) groups is 2. The molecule has 0 atom stereocenters. The summed E-state index contributed by atoms with van der Waals surface area (Å²) in [6.07, 6.45) is -0.233. The monoisotopic (exact) mass is 364 g/mol. The number of aliphatic carboxylic acids is 1. The number of carboxylic acids is 1. The van der Waals surface area contributed by atoms with Gasteiger partial charge in [0.25, 0.3) is 0 Å². The molecule has 0 spiro atoms. The molecule has 0 unspecified atom stereocenters. The number of anilines is 1. The molecule has 116 valence electrons. The molecular weight excluding hydrogens is 350 g/mol. The fraction of sp³-hybridized carbons (Fsp3) is 0.385. The van der Waals surface area contributed by atoms with Gasteiger partial charge < -0.3 is 15.3 Å². The fourth-order valence-corrected chi connectivity index (χ4v) is 1.93. The molecule has 0 radical (unpaired) electrons. The number of hydrogen-bond acceptors (Lipinski definition) is 2. The first-order valence-corrected chi connectivity index (χ1v) is 6.95. The van der Waals surface area contributed by atoms with E-state index in [1.165, 1.54) is 4.90 Å². The molecular formula is C13H15BrF2N2O3. The first-order valence-electron chi connectivity index (χ1n) is 6.16. The molecule has 0 bridgehead atoms.